The van der Waals surface area contributed by atoms with E-state index in [1.165, 1.54) is 0 Å². The van der Waals surface area contributed by atoms with Crippen LogP contribution in [0.25, 0.3) is 0 Å². The van der Waals surface area contributed by atoms with Crippen LogP contribution in [0.3, 0.4) is 0 Å². The van der Waals surface area contributed by atoms with Gasteiger partial charge >= 0.3 is 24.7 Å². The van der Waals surface area contributed by atoms with Gasteiger partial charge in [0.2, 0.25) is 0 Å². The van der Waals surface area contributed by atoms with E-state index in [1.807, 2.05) is 0 Å². The molecule has 22 heavy (non-hydrogen) atoms. The fraction of sp³-hybridized carbons (Fsp3) is 1.00. The molecule has 0 bridgehead atoms. The van der Waals surface area contributed by atoms with Gasteiger partial charge in [0.1, 0.15) is 0 Å². The van der Waals surface area contributed by atoms with Crippen LogP contribution in [0.5, 0.6) is 0 Å². The molecule has 3 unspecified atom stereocenters. The molecule has 0 amide bonds. The van der Waals surface area contributed by atoms with Crippen LogP contribution in [0.4, 0.5) is 52.7 Å². The first-order valence-corrected chi connectivity index (χ1v) is 5.54. The zero-order valence-corrected chi connectivity index (χ0v) is 10.7. The van der Waals surface area contributed by atoms with Crippen LogP contribution in [-0.2, 0) is 0 Å². The third-order valence-electron chi connectivity index (χ3n) is 4.53. The SMILES string of the molecule is CC1C(C(F)(F)F)C(C(F)(F)F)(C(F)(F)F)C1(C)C(F)(F)F. The highest BCUT2D eigenvalue weighted by Crippen LogP contribution is 2.82. The van der Waals surface area contributed by atoms with Crippen molar-refractivity contribution in [2.24, 2.45) is 22.7 Å². The van der Waals surface area contributed by atoms with Crippen LogP contribution >= 0.6 is 0 Å². The van der Waals surface area contributed by atoms with Crippen molar-refractivity contribution in [2.45, 2.75) is 38.6 Å². The van der Waals surface area contributed by atoms with E-state index >= 15 is 0 Å². The maximum atomic E-state index is 12.9. The monoisotopic (exact) mass is 356 g/mol. The van der Waals surface area contributed by atoms with Gasteiger partial charge in [0.15, 0.2) is 5.41 Å². The van der Waals surface area contributed by atoms with E-state index in [9.17, 15) is 52.7 Å². The van der Waals surface area contributed by atoms with E-state index in [-0.39, 0.29) is 6.92 Å². The Kier molecular flexibility index (Phi) is 3.81. The largest absolute Gasteiger partial charge is 0.404 e. The lowest BCUT2D eigenvalue weighted by molar-refractivity contribution is -0.519. The molecular weight excluding hydrogens is 348 g/mol. The molecule has 0 aromatic carbocycles. The van der Waals surface area contributed by atoms with Crippen LogP contribution in [0.1, 0.15) is 13.8 Å². The van der Waals surface area contributed by atoms with Gasteiger partial charge in [-0.2, -0.15) is 52.7 Å². The van der Waals surface area contributed by atoms with Crippen LogP contribution in [0, 0.1) is 22.7 Å². The third kappa shape index (κ3) is 1.93. The summed E-state index contributed by atoms with van der Waals surface area (Å²) in [5.41, 5.74) is -10.6. The Morgan fingerprint density at radius 2 is 0.955 bits per heavy atom. The van der Waals surface area contributed by atoms with Gasteiger partial charge in [0.25, 0.3) is 0 Å². The average Bonchev–Trinajstić information content (AvgIpc) is 2.15. The first kappa shape index (κ1) is 19.2. The van der Waals surface area contributed by atoms with E-state index < -0.39 is 54.3 Å². The molecule has 0 spiro atoms. The summed E-state index contributed by atoms with van der Waals surface area (Å²) in [5.74, 6) is -7.18. The molecule has 0 N–H and O–H groups in total. The Labute approximate surface area is 115 Å². The standard InChI is InChI=1S/C10H8F12/c1-3-4(7(11,12)13)6(9(17,18)19,10(20,21)22)5(3,2)8(14,15)16/h3-4H,1-2H3. The quantitative estimate of drug-likeness (QED) is 0.503. The molecule has 0 heterocycles. The Morgan fingerprint density at radius 1 is 0.636 bits per heavy atom. The molecule has 0 aromatic rings. The fourth-order valence-corrected chi connectivity index (χ4v) is 3.41. The molecular formula is C10H8F12. The minimum atomic E-state index is -6.79. The van der Waals surface area contributed by atoms with Gasteiger partial charge in [-0.3, -0.25) is 0 Å². The Hall–Kier alpha value is -0.840. The number of halogens is 12. The van der Waals surface area contributed by atoms with Crippen molar-refractivity contribution < 1.29 is 52.7 Å². The van der Waals surface area contributed by atoms with Gasteiger partial charge in [-0.25, -0.2) is 0 Å². The Balaban J connectivity index is 3.84. The lowest BCUT2D eigenvalue weighted by atomic mass is 9.37. The van der Waals surface area contributed by atoms with Crippen molar-refractivity contribution in [3.05, 3.63) is 0 Å². The van der Waals surface area contributed by atoms with Crippen LogP contribution in [-0.4, -0.2) is 24.7 Å². The Bertz CT molecular complexity index is 421. The van der Waals surface area contributed by atoms with Crippen molar-refractivity contribution in [1.29, 1.82) is 0 Å². The Morgan fingerprint density at radius 3 is 1.14 bits per heavy atom. The molecule has 0 radical (unpaired) electrons. The summed E-state index contributed by atoms with van der Waals surface area (Å²) < 4.78 is 154. The van der Waals surface area contributed by atoms with Gasteiger partial charge < -0.3 is 0 Å². The highest BCUT2D eigenvalue weighted by atomic mass is 19.4. The number of hydrogen-bond donors (Lipinski definition) is 0. The topological polar surface area (TPSA) is 0 Å². The van der Waals surface area contributed by atoms with E-state index in [0.29, 0.717) is 0 Å². The minimum absolute atomic E-state index is 0.0847. The third-order valence-corrected chi connectivity index (χ3v) is 4.53. The molecule has 0 aromatic heterocycles. The molecule has 1 fully saturated rings. The summed E-state index contributed by atoms with van der Waals surface area (Å²) in [7, 11) is 0. The molecule has 0 nitrogen and oxygen atoms in total. The summed E-state index contributed by atoms with van der Waals surface area (Å²) in [6, 6.07) is 0. The van der Waals surface area contributed by atoms with Crippen molar-refractivity contribution in [1.82, 2.24) is 0 Å². The molecule has 3 atom stereocenters. The van der Waals surface area contributed by atoms with Crippen molar-refractivity contribution in [2.75, 3.05) is 0 Å². The average molecular weight is 356 g/mol. The van der Waals surface area contributed by atoms with Gasteiger partial charge in [-0.15, -0.1) is 0 Å². The summed E-state index contributed by atoms with van der Waals surface area (Å²) in [5, 5.41) is 0. The molecule has 1 aliphatic rings. The fourth-order valence-electron chi connectivity index (χ4n) is 3.41. The molecule has 1 aliphatic carbocycles. The number of rotatable bonds is 0. The lowest BCUT2D eigenvalue weighted by Gasteiger charge is -2.66. The van der Waals surface area contributed by atoms with Crippen LogP contribution in [0.15, 0.2) is 0 Å². The first-order chi connectivity index (χ1) is 9.28. The van der Waals surface area contributed by atoms with Crippen LogP contribution in [0.2, 0.25) is 0 Å². The van der Waals surface area contributed by atoms with Gasteiger partial charge in [0.05, 0.1) is 11.3 Å². The van der Waals surface area contributed by atoms with Gasteiger partial charge in [-0.1, -0.05) is 6.92 Å². The van der Waals surface area contributed by atoms with Gasteiger partial charge in [0, 0.05) is 0 Å². The second-order valence-corrected chi connectivity index (χ2v) is 5.31. The number of alkyl halides is 12. The number of hydrogen-bond acceptors (Lipinski definition) is 0. The highest BCUT2D eigenvalue weighted by molar-refractivity contribution is 5.24. The van der Waals surface area contributed by atoms with E-state index in [2.05, 4.69) is 0 Å². The van der Waals surface area contributed by atoms with Crippen LogP contribution < -0.4 is 0 Å². The van der Waals surface area contributed by atoms with E-state index in [1.54, 1.807) is 0 Å². The molecule has 0 aliphatic heterocycles. The summed E-state index contributed by atoms with van der Waals surface area (Å²) in [4.78, 5) is 0. The summed E-state index contributed by atoms with van der Waals surface area (Å²) in [6.45, 7) is -0.387. The predicted molar refractivity (Wildman–Crippen MR) is 47.4 cm³/mol. The summed E-state index contributed by atoms with van der Waals surface area (Å²) in [6.07, 6.45) is -25.8. The second kappa shape index (κ2) is 4.37. The maximum absolute atomic E-state index is 12.9. The second-order valence-electron chi connectivity index (χ2n) is 5.31. The van der Waals surface area contributed by atoms with E-state index in [0.717, 1.165) is 0 Å². The molecule has 1 saturated carbocycles. The molecule has 132 valence electrons. The van der Waals surface area contributed by atoms with E-state index in [4.69, 9.17) is 0 Å². The normalized spacial score (nSPS) is 33.5. The van der Waals surface area contributed by atoms with Crippen molar-refractivity contribution >= 4 is 0 Å². The first-order valence-electron chi connectivity index (χ1n) is 5.54. The lowest BCUT2D eigenvalue weighted by Crippen LogP contribution is -2.81. The summed E-state index contributed by atoms with van der Waals surface area (Å²) >= 11 is 0. The predicted octanol–water partition coefficient (Wildman–Crippen LogP) is 5.49. The van der Waals surface area contributed by atoms with Crippen molar-refractivity contribution in [3.63, 3.8) is 0 Å². The molecule has 0 saturated heterocycles. The minimum Gasteiger partial charge on any atom is -0.171 e. The smallest absolute Gasteiger partial charge is 0.171 e. The molecule has 1 rings (SSSR count). The van der Waals surface area contributed by atoms with Gasteiger partial charge in [-0.05, 0) is 12.8 Å². The molecule has 12 heteroatoms. The van der Waals surface area contributed by atoms with Crippen molar-refractivity contribution in [3.8, 4) is 0 Å². The maximum Gasteiger partial charge on any atom is 0.404 e. The zero-order valence-electron chi connectivity index (χ0n) is 10.7. The highest BCUT2D eigenvalue weighted by Gasteiger charge is 2.97. The zero-order chi connectivity index (χ0) is 18.2.